The summed E-state index contributed by atoms with van der Waals surface area (Å²) in [5.41, 5.74) is 2.57. The second-order valence-corrected chi connectivity index (χ2v) is 6.93. The van der Waals surface area contributed by atoms with Crippen LogP contribution in [0.25, 0.3) is 21.8 Å². The average Bonchev–Trinajstić information content (AvgIpc) is 3.06. The number of methoxy groups -OCH3 is 1. The number of ether oxygens (including phenoxy) is 1. The van der Waals surface area contributed by atoms with Gasteiger partial charge in [0.1, 0.15) is 5.75 Å². The number of nitrogens with one attached hydrogen (secondary N) is 2. The number of H-pyrrole nitrogens is 1. The molecule has 27 heavy (non-hydrogen) atoms. The molecule has 138 valence electrons. The molecule has 1 aliphatic carbocycles. The topological polar surface area (TPSA) is 67.0 Å². The maximum atomic E-state index is 11.8. The first-order chi connectivity index (χ1) is 13.1. The summed E-state index contributed by atoms with van der Waals surface area (Å²) in [6.07, 6.45) is 10.9. The highest BCUT2D eigenvalue weighted by Crippen LogP contribution is 2.40. The number of carbonyl (C=O) groups is 1. The molecule has 1 aliphatic rings. The van der Waals surface area contributed by atoms with Gasteiger partial charge in [0.2, 0.25) is 5.91 Å². The number of hydrogen-bond donors (Lipinski definition) is 2. The van der Waals surface area contributed by atoms with E-state index in [2.05, 4.69) is 23.3 Å². The molecule has 0 bridgehead atoms. The number of benzene rings is 1. The number of pyridine rings is 1. The molecule has 2 atom stereocenters. The van der Waals surface area contributed by atoms with E-state index in [-0.39, 0.29) is 11.9 Å². The van der Waals surface area contributed by atoms with Crippen molar-refractivity contribution in [3.05, 3.63) is 60.5 Å². The van der Waals surface area contributed by atoms with Crippen molar-refractivity contribution in [3.8, 4) is 5.75 Å². The molecule has 4 rings (SSSR count). The molecule has 0 saturated heterocycles. The van der Waals surface area contributed by atoms with Crippen molar-refractivity contribution in [3.63, 3.8) is 0 Å². The van der Waals surface area contributed by atoms with Gasteiger partial charge in [-0.3, -0.25) is 9.78 Å². The molecule has 0 fully saturated rings. The highest BCUT2D eigenvalue weighted by Gasteiger charge is 2.40. The van der Waals surface area contributed by atoms with Crippen molar-refractivity contribution in [1.82, 2.24) is 15.3 Å². The maximum absolute atomic E-state index is 11.8. The summed E-state index contributed by atoms with van der Waals surface area (Å²) in [4.78, 5) is 20.1. The van der Waals surface area contributed by atoms with Crippen LogP contribution in [0.1, 0.15) is 26.0 Å². The Bertz CT molecular complexity index is 1080. The number of carbonyl (C=O) groups excluding carboxylic acids is 1. The van der Waals surface area contributed by atoms with Crippen molar-refractivity contribution in [2.45, 2.75) is 31.7 Å². The second kappa shape index (κ2) is 6.58. The van der Waals surface area contributed by atoms with Gasteiger partial charge in [0.15, 0.2) is 0 Å². The van der Waals surface area contributed by atoms with Crippen LogP contribution in [-0.2, 0) is 10.2 Å². The molecule has 2 heterocycles. The van der Waals surface area contributed by atoms with E-state index in [1.165, 1.54) is 0 Å². The highest BCUT2D eigenvalue weighted by atomic mass is 16.5. The van der Waals surface area contributed by atoms with Crippen molar-refractivity contribution >= 4 is 27.7 Å². The summed E-state index contributed by atoms with van der Waals surface area (Å²) in [6.45, 7) is 3.68. The van der Waals surface area contributed by atoms with Gasteiger partial charge in [0, 0.05) is 29.4 Å². The third-order valence-corrected chi connectivity index (χ3v) is 5.48. The van der Waals surface area contributed by atoms with Crippen LogP contribution < -0.4 is 10.1 Å². The fourth-order valence-corrected chi connectivity index (χ4v) is 4.09. The van der Waals surface area contributed by atoms with E-state index in [9.17, 15) is 4.79 Å². The third kappa shape index (κ3) is 2.70. The average molecular weight is 361 g/mol. The number of amides is 1. The molecule has 5 nitrogen and oxygen atoms in total. The summed E-state index contributed by atoms with van der Waals surface area (Å²) in [6, 6.07) is 7.89. The monoisotopic (exact) mass is 361 g/mol. The van der Waals surface area contributed by atoms with Gasteiger partial charge < -0.3 is 15.0 Å². The molecule has 0 aliphatic heterocycles. The maximum Gasteiger partial charge on any atom is 0.217 e. The zero-order valence-corrected chi connectivity index (χ0v) is 15.7. The van der Waals surface area contributed by atoms with Gasteiger partial charge in [-0.25, -0.2) is 0 Å². The zero-order chi connectivity index (χ0) is 19.0. The fourth-order valence-electron chi connectivity index (χ4n) is 4.09. The van der Waals surface area contributed by atoms with E-state index in [0.29, 0.717) is 0 Å². The van der Waals surface area contributed by atoms with Gasteiger partial charge in [0.25, 0.3) is 0 Å². The summed E-state index contributed by atoms with van der Waals surface area (Å²) in [5.74, 6) is 0.773. The zero-order valence-electron chi connectivity index (χ0n) is 15.7. The lowest BCUT2D eigenvalue weighted by atomic mass is 9.71. The van der Waals surface area contributed by atoms with Gasteiger partial charge >= 0.3 is 0 Å². The Morgan fingerprint density at radius 3 is 2.89 bits per heavy atom. The number of nitrogens with zero attached hydrogens (tertiary/aromatic N) is 1. The number of rotatable bonds is 4. The second-order valence-electron chi connectivity index (χ2n) is 6.93. The van der Waals surface area contributed by atoms with Crippen molar-refractivity contribution < 1.29 is 9.53 Å². The van der Waals surface area contributed by atoms with Crippen LogP contribution in [0.2, 0.25) is 0 Å². The Balaban J connectivity index is 1.97. The van der Waals surface area contributed by atoms with Crippen LogP contribution in [0.15, 0.2) is 54.8 Å². The molecule has 1 amide bonds. The van der Waals surface area contributed by atoms with E-state index in [4.69, 9.17) is 9.72 Å². The SMILES string of the molecule is CC[C@@]1(c2nccc3c2[nH]c2ccc(OC)cc23)C=CC=CC1NC(C)=O. The minimum atomic E-state index is -0.412. The minimum absolute atomic E-state index is 0.0497. The van der Waals surface area contributed by atoms with Crippen LogP contribution in [0, 0.1) is 0 Å². The Kier molecular flexibility index (Phi) is 4.22. The largest absolute Gasteiger partial charge is 0.497 e. The fraction of sp³-hybridized carbons (Fsp3) is 0.273. The lowest BCUT2D eigenvalue weighted by Crippen LogP contribution is -2.49. The van der Waals surface area contributed by atoms with E-state index >= 15 is 0 Å². The van der Waals surface area contributed by atoms with E-state index in [1.54, 1.807) is 14.0 Å². The molecule has 0 spiro atoms. The Labute approximate surface area is 158 Å². The van der Waals surface area contributed by atoms with Crippen molar-refractivity contribution in [2.75, 3.05) is 7.11 Å². The number of allylic oxidation sites excluding steroid dienone is 2. The van der Waals surface area contributed by atoms with E-state index < -0.39 is 5.41 Å². The molecular formula is C22H23N3O2. The first-order valence-electron chi connectivity index (χ1n) is 9.17. The van der Waals surface area contributed by atoms with Crippen molar-refractivity contribution in [1.29, 1.82) is 0 Å². The Morgan fingerprint density at radius 2 is 2.15 bits per heavy atom. The first-order valence-corrected chi connectivity index (χ1v) is 9.17. The van der Waals surface area contributed by atoms with Gasteiger partial charge in [-0.05, 0) is 30.7 Å². The van der Waals surface area contributed by atoms with Gasteiger partial charge in [-0.15, -0.1) is 0 Å². The van der Waals surface area contributed by atoms with E-state index in [1.807, 2.05) is 48.7 Å². The third-order valence-electron chi connectivity index (χ3n) is 5.48. The quantitative estimate of drug-likeness (QED) is 0.738. The van der Waals surface area contributed by atoms with Crippen LogP contribution in [0.3, 0.4) is 0 Å². The lowest BCUT2D eigenvalue weighted by molar-refractivity contribution is -0.119. The molecule has 2 aromatic heterocycles. The van der Waals surface area contributed by atoms with Crippen LogP contribution in [0.5, 0.6) is 5.75 Å². The van der Waals surface area contributed by atoms with Gasteiger partial charge in [-0.1, -0.05) is 31.2 Å². The van der Waals surface area contributed by atoms with Crippen LogP contribution in [-0.4, -0.2) is 29.0 Å². The van der Waals surface area contributed by atoms with Crippen LogP contribution >= 0.6 is 0 Å². The number of hydrogen-bond acceptors (Lipinski definition) is 3. The number of aromatic nitrogens is 2. The Hall–Kier alpha value is -3.08. The minimum Gasteiger partial charge on any atom is -0.497 e. The Morgan fingerprint density at radius 1 is 1.30 bits per heavy atom. The molecule has 1 unspecified atom stereocenters. The smallest absolute Gasteiger partial charge is 0.217 e. The molecule has 5 heteroatoms. The summed E-state index contributed by atoms with van der Waals surface area (Å²) in [7, 11) is 1.67. The summed E-state index contributed by atoms with van der Waals surface area (Å²) in [5, 5.41) is 5.29. The molecule has 3 aromatic rings. The predicted molar refractivity (Wildman–Crippen MR) is 108 cm³/mol. The number of fused-ring (bicyclic) bond motifs is 3. The molecule has 0 radical (unpaired) electrons. The van der Waals surface area contributed by atoms with Crippen molar-refractivity contribution in [2.24, 2.45) is 0 Å². The lowest BCUT2D eigenvalue weighted by Gasteiger charge is -2.38. The normalized spacial score (nSPS) is 21.7. The molecule has 0 saturated carbocycles. The summed E-state index contributed by atoms with van der Waals surface area (Å²) >= 11 is 0. The van der Waals surface area contributed by atoms with E-state index in [0.717, 1.165) is 39.7 Å². The van der Waals surface area contributed by atoms with Gasteiger partial charge in [-0.2, -0.15) is 0 Å². The molecule has 2 N–H and O–H groups in total. The number of aromatic amines is 1. The summed E-state index contributed by atoms with van der Waals surface area (Å²) < 4.78 is 5.39. The first kappa shape index (κ1) is 17.3. The highest BCUT2D eigenvalue weighted by molar-refractivity contribution is 6.08. The van der Waals surface area contributed by atoms with Crippen LogP contribution in [0.4, 0.5) is 0 Å². The van der Waals surface area contributed by atoms with Gasteiger partial charge in [0.05, 0.1) is 29.8 Å². The standard InChI is InChI=1S/C22H23N3O2/c1-4-22(11-6-5-7-19(22)24-14(2)26)21-20-16(10-12-23-21)17-13-15(27-3)8-9-18(17)25-20/h5-13,19,25H,4H2,1-3H3,(H,24,26)/t19?,22-/m1/s1. The molecule has 1 aromatic carbocycles. The molecular weight excluding hydrogens is 338 g/mol. The predicted octanol–water partition coefficient (Wildman–Crippen LogP) is 4.00.